The third kappa shape index (κ3) is 4.73. The van der Waals surface area contributed by atoms with Gasteiger partial charge < -0.3 is 19.9 Å². The van der Waals surface area contributed by atoms with Crippen molar-refractivity contribution in [3.05, 3.63) is 35.9 Å². The van der Waals surface area contributed by atoms with Crippen molar-refractivity contribution in [3.63, 3.8) is 0 Å². The summed E-state index contributed by atoms with van der Waals surface area (Å²) in [6, 6.07) is 9.08. The van der Waals surface area contributed by atoms with Crippen LogP contribution in [0, 0.1) is 0 Å². The predicted octanol–water partition coefficient (Wildman–Crippen LogP) is 2.32. The van der Waals surface area contributed by atoms with Gasteiger partial charge in [-0.3, -0.25) is 0 Å². The first-order chi connectivity index (χ1) is 10.4. The molecule has 0 bridgehead atoms. The number of carboxylic acid groups (broad SMARTS) is 1. The van der Waals surface area contributed by atoms with E-state index in [0.29, 0.717) is 6.42 Å². The Labute approximate surface area is 129 Å². The largest absolute Gasteiger partial charge is 0.479 e. The molecule has 1 aliphatic rings. The van der Waals surface area contributed by atoms with Crippen LogP contribution in [0.25, 0.3) is 0 Å². The lowest BCUT2D eigenvalue weighted by Gasteiger charge is -2.38. The Kier molecular flexibility index (Phi) is 5.03. The van der Waals surface area contributed by atoms with E-state index in [1.54, 1.807) is 0 Å². The van der Waals surface area contributed by atoms with Gasteiger partial charge in [0.05, 0.1) is 5.60 Å². The van der Waals surface area contributed by atoms with E-state index in [4.69, 9.17) is 14.6 Å². The van der Waals surface area contributed by atoms with Gasteiger partial charge in [0.1, 0.15) is 6.61 Å². The molecular formula is C16H21NO5. The molecule has 0 radical (unpaired) electrons. The van der Waals surface area contributed by atoms with Gasteiger partial charge in [-0.2, -0.15) is 0 Å². The van der Waals surface area contributed by atoms with Gasteiger partial charge in [0.25, 0.3) is 0 Å². The van der Waals surface area contributed by atoms with Crippen molar-refractivity contribution in [2.75, 3.05) is 0 Å². The zero-order valence-electron chi connectivity index (χ0n) is 12.7. The highest BCUT2D eigenvalue weighted by atomic mass is 16.6. The lowest BCUT2D eigenvalue weighted by molar-refractivity contribution is -0.172. The zero-order chi connectivity index (χ0) is 16.2. The third-order valence-corrected chi connectivity index (χ3v) is 3.51. The van der Waals surface area contributed by atoms with Crippen LogP contribution in [-0.4, -0.2) is 34.9 Å². The second kappa shape index (κ2) is 6.79. The maximum absolute atomic E-state index is 11.9. The van der Waals surface area contributed by atoms with Crippen LogP contribution in [-0.2, 0) is 20.9 Å². The van der Waals surface area contributed by atoms with E-state index in [1.165, 1.54) is 0 Å². The number of nitrogens with one attached hydrogen (secondary N) is 1. The summed E-state index contributed by atoms with van der Waals surface area (Å²) < 4.78 is 10.6. The normalized spacial score (nSPS) is 23.5. The van der Waals surface area contributed by atoms with Crippen LogP contribution in [0.4, 0.5) is 4.79 Å². The number of carboxylic acids is 1. The molecule has 2 atom stereocenters. The van der Waals surface area contributed by atoms with Crippen molar-refractivity contribution in [2.45, 2.75) is 51.0 Å². The van der Waals surface area contributed by atoms with Crippen LogP contribution in [0.2, 0.25) is 0 Å². The number of carbonyl (C=O) groups excluding carboxylic acids is 1. The second-order valence-electron chi connectivity index (χ2n) is 6.05. The van der Waals surface area contributed by atoms with Crippen LogP contribution < -0.4 is 5.32 Å². The number of carbonyl (C=O) groups is 2. The van der Waals surface area contributed by atoms with Crippen LogP contribution in [0.1, 0.15) is 32.3 Å². The van der Waals surface area contributed by atoms with Gasteiger partial charge in [0.2, 0.25) is 0 Å². The van der Waals surface area contributed by atoms with Gasteiger partial charge in [-0.05, 0) is 25.8 Å². The van der Waals surface area contributed by atoms with E-state index >= 15 is 0 Å². The van der Waals surface area contributed by atoms with Crippen molar-refractivity contribution < 1.29 is 24.2 Å². The highest BCUT2D eigenvalue weighted by Gasteiger charge is 2.38. The number of amides is 1. The Morgan fingerprint density at radius 2 is 2.05 bits per heavy atom. The minimum Gasteiger partial charge on any atom is -0.479 e. The van der Waals surface area contributed by atoms with Gasteiger partial charge in [-0.1, -0.05) is 30.3 Å². The summed E-state index contributed by atoms with van der Waals surface area (Å²) in [6.45, 7) is 3.81. The summed E-state index contributed by atoms with van der Waals surface area (Å²) in [6.07, 6.45) is -0.685. The monoisotopic (exact) mass is 307 g/mol. The van der Waals surface area contributed by atoms with Gasteiger partial charge >= 0.3 is 12.1 Å². The minimum atomic E-state index is -1.02. The molecule has 0 saturated carbocycles. The van der Waals surface area contributed by atoms with E-state index < -0.39 is 23.8 Å². The number of hydrogen-bond acceptors (Lipinski definition) is 4. The lowest BCUT2D eigenvalue weighted by Crippen LogP contribution is -2.51. The van der Waals surface area contributed by atoms with Crippen LogP contribution in [0.15, 0.2) is 30.3 Å². The van der Waals surface area contributed by atoms with Crippen LogP contribution in [0.5, 0.6) is 0 Å². The Bertz CT molecular complexity index is 529. The summed E-state index contributed by atoms with van der Waals surface area (Å²) >= 11 is 0. The predicted molar refractivity (Wildman–Crippen MR) is 79.4 cm³/mol. The van der Waals surface area contributed by atoms with Gasteiger partial charge in [-0.15, -0.1) is 0 Å². The Morgan fingerprint density at radius 1 is 1.36 bits per heavy atom. The first-order valence-corrected chi connectivity index (χ1v) is 7.23. The van der Waals surface area contributed by atoms with E-state index in [9.17, 15) is 9.59 Å². The van der Waals surface area contributed by atoms with Crippen molar-refractivity contribution in [3.8, 4) is 0 Å². The summed E-state index contributed by atoms with van der Waals surface area (Å²) in [7, 11) is 0. The molecule has 22 heavy (non-hydrogen) atoms. The molecule has 1 saturated heterocycles. The number of benzene rings is 1. The van der Waals surface area contributed by atoms with Gasteiger partial charge in [0, 0.05) is 12.5 Å². The third-order valence-electron chi connectivity index (χ3n) is 3.51. The van der Waals surface area contributed by atoms with E-state index in [0.717, 1.165) is 5.56 Å². The van der Waals surface area contributed by atoms with Crippen LogP contribution >= 0.6 is 0 Å². The van der Waals surface area contributed by atoms with Crippen molar-refractivity contribution >= 4 is 12.1 Å². The summed E-state index contributed by atoms with van der Waals surface area (Å²) in [5, 5.41) is 11.8. The lowest BCUT2D eigenvalue weighted by atomic mass is 9.91. The fourth-order valence-corrected chi connectivity index (χ4v) is 2.61. The first kappa shape index (κ1) is 16.3. The van der Waals surface area contributed by atoms with Crippen molar-refractivity contribution in [1.82, 2.24) is 5.32 Å². The molecule has 1 heterocycles. The average Bonchev–Trinajstić information content (AvgIpc) is 2.44. The fraction of sp³-hybridized carbons (Fsp3) is 0.500. The molecule has 0 aliphatic carbocycles. The molecule has 2 rings (SSSR count). The molecule has 1 aliphatic heterocycles. The number of ether oxygens (including phenoxy) is 2. The molecule has 1 aromatic rings. The molecule has 6 heteroatoms. The summed E-state index contributed by atoms with van der Waals surface area (Å²) in [4.78, 5) is 23.0. The number of aliphatic carboxylic acids is 1. The Hall–Kier alpha value is -2.08. The van der Waals surface area contributed by atoms with E-state index in [2.05, 4.69) is 5.32 Å². The molecule has 0 unspecified atom stereocenters. The zero-order valence-corrected chi connectivity index (χ0v) is 12.7. The molecule has 0 spiro atoms. The number of rotatable bonds is 4. The van der Waals surface area contributed by atoms with E-state index in [1.807, 2.05) is 44.2 Å². The topological polar surface area (TPSA) is 84.9 Å². The molecule has 1 aromatic carbocycles. The molecule has 2 N–H and O–H groups in total. The quantitative estimate of drug-likeness (QED) is 0.891. The van der Waals surface area contributed by atoms with Gasteiger partial charge in [-0.25, -0.2) is 9.59 Å². The maximum Gasteiger partial charge on any atom is 0.407 e. The summed E-state index contributed by atoms with van der Waals surface area (Å²) in [5.41, 5.74) is 0.298. The highest BCUT2D eigenvalue weighted by Crippen LogP contribution is 2.28. The minimum absolute atomic E-state index is 0.182. The SMILES string of the molecule is CC1(C)C[C@H](NC(=O)OCc2ccccc2)C[C@@H](C(=O)O)O1. The maximum atomic E-state index is 11.9. The average molecular weight is 307 g/mol. The summed E-state index contributed by atoms with van der Waals surface area (Å²) in [5.74, 6) is -1.02. The van der Waals surface area contributed by atoms with Crippen molar-refractivity contribution in [1.29, 1.82) is 0 Å². The Morgan fingerprint density at radius 3 is 2.68 bits per heavy atom. The van der Waals surface area contributed by atoms with Gasteiger partial charge in [0.15, 0.2) is 6.10 Å². The number of alkyl carbamates (subject to hydrolysis) is 1. The second-order valence-corrected chi connectivity index (χ2v) is 6.05. The fourth-order valence-electron chi connectivity index (χ4n) is 2.61. The van der Waals surface area contributed by atoms with Crippen LogP contribution in [0.3, 0.4) is 0 Å². The van der Waals surface area contributed by atoms with E-state index in [-0.39, 0.29) is 19.1 Å². The molecular weight excluding hydrogens is 286 g/mol. The molecule has 120 valence electrons. The van der Waals surface area contributed by atoms with Crippen molar-refractivity contribution in [2.24, 2.45) is 0 Å². The number of hydrogen-bond donors (Lipinski definition) is 2. The molecule has 1 amide bonds. The standard InChI is InChI=1S/C16H21NO5/c1-16(2)9-12(8-13(22-16)14(18)19)17-15(20)21-10-11-6-4-3-5-7-11/h3-7,12-13H,8-10H2,1-2H3,(H,17,20)(H,18,19)/t12-,13+/m1/s1. The molecule has 6 nitrogen and oxygen atoms in total. The highest BCUT2D eigenvalue weighted by molar-refractivity contribution is 5.73. The molecule has 1 fully saturated rings. The Balaban J connectivity index is 1.86. The molecule has 0 aromatic heterocycles. The smallest absolute Gasteiger partial charge is 0.407 e. The first-order valence-electron chi connectivity index (χ1n) is 7.23.